The van der Waals surface area contributed by atoms with E-state index in [-0.39, 0.29) is 62.2 Å². The number of rotatable bonds is 28. The van der Waals surface area contributed by atoms with E-state index in [1.807, 2.05) is 20.8 Å². The first-order chi connectivity index (χ1) is 60.8. The summed E-state index contributed by atoms with van der Waals surface area (Å²) < 4.78 is 78.8. The first-order valence-corrected chi connectivity index (χ1v) is 45.7. The molecule has 6 aromatic heterocycles. The van der Waals surface area contributed by atoms with Crippen molar-refractivity contribution in [2.45, 2.75) is 123 Å². The number of aromatic nitrogens is 9. The Balaban J connectivity index is 0.000000169. The number of nitrogens with zero attached hydrogens (tertiary/aromatic N) is 14. The van der Waals surface area contributed by atoms with Crippen molar-refractivity contribution in [3.63, 3.8) is 0 Å². The van der Waals surface area contributed by atoms with Crippen LogP contribution in [0, 0.1) is 23.3 Å². The highest BCUT2D eigenvalue weighted by atomic mass is 35.5. The van der Waals surface area contributed by atoms with Gasteiger partial charge in [0.1, 0.15) is 70.6 Å². The van der Waals surface area contributed by atoms with Crippen LogP contribution >= 0.6 is 58.0 Å². The Morgan fingerprint density at radius 3 is 1.46 bits per heavy atom. The number of alkyl carbamates (subject to hydrolysis) is 1. The average Bonchev–Trinajstić information content (AvgIpc) is 1.62. The molecule has 0 aliphatic carbocycles. The lowest BCUT2D eigenvalue weighted by atomic mass is 9.98. The molecule has 2 amide bonds. The van der Waals surface area contributed by atoms with Crippen molar-refractivity contribution in [3.8, 4) is 34.2 Å². The maximum absolute atomic E-state index is 13.7. The number of para-hydroxylation sites is 1. The fourth-order valence-corrected chi connectivity index (χ4v) is 14.5. The zero-order chi connectivity index (χ0) is 91.7. The van der Waals surface area contributed by atoms with E-state index in [4.69, 9.17) is 93.7 Å². The molecule has 5 aromatic carbocycles. The van der Waals surface area contributed by atoms with Gasteiger partial charge >= 0.3 is 17.6 Å². The number of amidine groups is 3. The minimum Gasteiger partial charge on any atom is -0.444 e. The number of imidazole rings is 1. The molecule has 127 heavy (non-hydrogen) atoms. The van der Waals surface area contributed by atoms with E-state index in [1.165, 1.54) is 76.7 Å². The van der Waals surface area contributed by atoms with Crippen LogP contribution in [-0.2, 0) is 53.1 Å². The van der Waals surface area contributed by atoms with E-state index in [9.17, 15) is 47.2 Å². The first kappa shape index (κ1) is 97.4. The third-order valence-electron chi connectivity index (χ3n) is 18.9. The molecule has 0 saturated carbocycles. The molecule has 0 spiro atoms. The summed E-state index contributed by atoms with van der Waals surface area (Å²) in [7, 11) is -1.24. The number of amides is 2. The van der Waals surface area contributed by atoms with Gasteiger partial charge in [-0.25, -0.2) is 61.0 Å². The molecule has 0 atom stereocenters. The lowest BCUT2D eigenvalue weighted by Gasteiger charge is -2.19. The molecule has 672 valence electrons. The van der Waals surface area contributed by atoms with Crippen LogP contribution in [0.25, 0.3) is 45.2 Å². The summed E-state index contributed by atoms with van der Waals surface area (Å²) >= 11 is 29.9. The maximum Gasteiger partial charge on any atom is 0.446 e. The molecule has 13 N–H and O–H groups in total. The Morgan fingerprint density at radius 2 is 1.02 bits per heavy atom. The third kappa shape index (κ3) is 27.1. The van der Waals surface area contributed by atoms with Crippen molar-refractivity contribution in [1.82, 2.24) is 54.6 Å². The van der Waals surface area contributed by atoms with Gasteiger partial charge in [-0.05, 0) is 186 Å². The van der Waals surface area contributed by atoms with E-state index in [1.54, 1.807) is 71.7 Å². The van der Waals surface area contributed by atoms with Crippen LogP contribution in [0.15, 0.2) is 172 Å². The number of carbonyl (C=O) groups is 2. The topological polar surface area (TPSA) is 446 Å². The number of benzene rings is 5. The van der Waals surface area contributed by atoms with Crippen LogP contribution in [0.5, 0.6) is 0 Å². The highest BCUT2D eigenvalue weighted by Crippen LogP contribution is 2.36. The second-order valence-corrected chi connectivity index (χ2v) is 38.4. The second kappa shape index (κ2) is 46.1. The molecular weight excluding hydrogens is 1770 g/mol. The molecule has 0 unspecified atom stereocenters. The van der Waals surface area contributed by atoms with Gasteiger partial charge < -0.3 is 63.7 Å². The third-order valence-corrected chi connectivity index (χ3v) is 22.1. The van der Waals surface area contributed by atoms with Crippen molar-refractivity contribution in [2.75, 3.05) is 74.9 Å². The fourth-order valence-electron chi connectivity index (χ4n) is 12.8. The van der Waals surface area contributed by atoms with E-state index in [2.05, 4.69) is 102 Å². The highest BCUT2D eigenvalue weighted by Gasteiger charge is 2.30. The molecule has 42 heteroatoms. The molecule has 3 aliphatic heterocycles. The minimum atomic E-state index is -1.24. The first-order valence-electron chi connectivity index (χ1n) is 40.1. The Kier molecular flexibility index (Phi) is 35.4. The van der Waals surface area contributed by atoms with E-state index < -0.39 is 48.5 Å². The smallest absolute Gasteiger partial charge is 0.444 e. The monoisotopic (exact) mass is 1860 g/mol. The maximum atomic E-state index is 13.7. The normalized spacial score (nSPS) is 13.7. The fraction of sp³-hybridized carbons (Fsp3) is 0.329. The van der Waals surface area contributed by atoms with Crippen LogP contribution in [-0.4, -0.2) is 168 Å². The summed E-state index contributed by atoms with van der Waals surface area (Å²) in [6, 6.07) is 28.4. The number of halogens is 9. The van der Waals surface area contributed by atoms with Crippen molar-refractivity contribution < 1.29 is 56.1 Å². The number of hydrogen-bond donors (Lipinski definition) is 10. The molecule has 14 rings (SSSR count). The summed E-state index contributed by atoms with van der Waals surface area (Å²) in [6.45, 7) is 19.3. The van der Waals surface area contributed by atoms with Crippen LogP contribution < -0.4 is 55.3 Å². The van der Waals surface area contributed by atoms with Crippen LogP contribution in [0.4, 0.5) is 39.8 Å². The minimum absolute atomic E-state index is 0.0232. The van der Waals surface area contributed by atoms with E-state index >= 15 is 0 Å². The highest BCUT2D eigenvalue weighted by molar-refractivity contribution is 6.76. The summed E-state index contributed by atoms with van der Waals surface area (Å²) in [5, 5.41) is 48.9. The molecule has 0 saturated heterocycles. The van der Waals surface area contributed by atoms with Gasteiger partial charge in [0.25, 0.3) is 0 Å². The zero-order valence-corrected chi connectivity index (χ0v) is 75.1. The van der Waals surface area contributed by atoms with Crippen molar-refractivity contribution in [2.24, 2.45) is 42.5 Å². The average molecular weight is 1870 g/mol. The van der Waals surface area contributed by atoms with Gasteiger partial charge in [0, 0.05) is 144 Å². The Bertz CT molecular complexity index is 6010. The number of hydrogen-bond acceptors (Lipinski definition) is 24. The number of oxime groups is 2. The number of fused-ring (bicyclic) bond motifs is 4. The molecule has 9 heterocycles. The van der Waals surface area contributed by atoms with Gasteiger partial charge in [0.15, 0.2) is 11.6 Å². The van der Waals surface area contributed by atoms with Crippen LogP contribution in [0.2, 0.25) is 51.1 Å². The lowest BCUT2D eigenvalue weighted by Crippen LogP contribution is -2.33. The Morgan fingerprint density at radius 1 is 0.575 bits per heavy atom. The second-order valence-electron chi connectivity index (χ2n) is 30.8. The number of ether oxygens (including phenoxy) is 2. The van der Waals surface area contributed by atoms with Gasteiger partial charge in [0.2, 0.25) is 11.2 Å². The number of aliphatic imine (C=N–C) groups is 3. The molecular formula is C85H95Cl5F4N22O10Si. The summed E-state index contributed by atoms with van der Waals surface area (Å²) in [5.74, 6) is 1.21. The summed E-state index contributed by atoms with van der Waals surface area (Å²) in [5.41, 5.74) is 25.5. The summed E-state index contributed by atoms with van der Waals surface area (Å²) in [4.78, 5) is 77.5. The van der Waals surface area contributed by atoms with Crippen molar-refractivity contribution in [3.05, 3.63) is 236 Å². The predicted molar refractivity (Wildman–Crippen MR) is 488 cm³/mol. The van der Waals surface area contributed by atoms with Gasteiger partial charge in [-0.3, -0.25) is 33.4 Å². The standard InChI is InChI=1S/C21H21Cl2FN4O3Si.C20H21ClFN5O2.C18H16ClFN6O2.C18H19ClFN5O.C8H18N2O2/c1-32(2,3)10-9-30-12-27-18-14(5-4-6-17(18)25-20(27)23)19-26-31-21(29)28(19)13-7-8-16(24)15(22)11-13;1-12(28)23-6-2-7-24-19-11-15-14(5-8-25-20(15)26-19)18(27-29)10-13-3-4-17(22)16(21)9-13;19-13-8-10(2-3-14(13)20)26-17(25-28-18(26)27)11-4-7-23-16-12(11)9-15(24-16)22-6-1-5-21;19-14-8-11(2-3-15(14)20)9-16(25-26)12-4-7-23-18-13(12)10-17(24-18)22-6-1-5-21;1-8(2,3)12-7(11)10-6-4-5-9/h4-8,11H,9-10,12H2,1-3H3;3-5,8-9,29H,2,6-7,10-11H2,1H3,(H,23,28)(H,24,25,26);2-4,7-8H,1,5-6,9,21H2,(H,22,23,24);2-4,7-8,26H,1,5-6,9-10,21H2,(H,22,23,24);4-6,9H2,1-3H3,(H,10,11)/b;27-18+;;25-16+;. The van der Waals surface area contributed by atoms with E-state index in [0.29, 0.717) is 147 Å². The van der Waals surface area contributed by atoms with Crippen molar-refractivity contribution >= 4 is 135 Å². The number of nitrogens with one attached hydrogen (secondary N) is 5. The van der Waals surface area contributed by atoms with Crippen LogP contribution in [0.3, 0.4) is 0 Å². The van der Waals surface area contributed by atoms with Gasteiger partial charge in [-0.2, -0.15) is 0 Å². The predicted octanol–water partition coefficient (Wildman–Crippen LogP) is 15.1. The zero-order valence-electron chi connectivity index (χ0n) is 70.3. The molecule has 0 fully saturated rings. The van der Waals surface area contributed by atoms with Crippen molar-refractivity contribution in [1.29, 1.82) is 0 Å². The Hall–Kier alpha value is -11.8. The number of pyridine rings is 3. The molecule has 32 nitrogen and oxygen atoms in total. The number of carbonyl (C=O) groups excluding carboxylic acids is 2. The lowest BCUT2D eigenvalue weighted by molar-refractivity contribution is -0.118. The van der Waals surface area contributed by atoms with Gasteiger partial charge in [0.05, 0.1) is 53.9 Å². The quantitative estimate of drug-likeness (QED) is 0.00544. The van der Waals surface area contributed by atoms with Crippen LogP contribution in [0.1, 0.15) is 92.3 Å². The van der Waals surface area contributed by atoms with Gasteiger partial charge in [-0.15, -0.1) is 0 Å². The largest absolute Gasteiger partial charge is 0.446 e. The summed E-state index contributed by atoms with van der Waals surface area (Å²) in [6.07, 6.45) is 9.82. The van der Waals surface area contributed by atoms with Gasteiger partial charge in [-0.1, -0.05) is 105 Å². The molecule has 0 bridgehead atoms. The molecule has 11 aromatic rings. The number of nitrogens with two attached hydrogens (primary N) is 3. The SMILES string of the molecule is CC(=O)NCCCN=C1Cc2c(/C(Cc3ccc(F)c(Cl)c3)=N/O)ccnc2N1.CC(C)(C)OC(=O)NCCCN.C[Si](C)(C)CCOCn1c(Cl)nc2cccc(-c3noc(=O)n3-c3ccc(F)c(Cl)c3)c21.NCCCN=C1Cc2c(-c3noc(=O)n3-c3ccc(F)c(Cl)c3)ccnc2N1.NCCCN=C1Cc2c(/C(Cc3ccc(F)c(Cl)c3)=N/O)ccnc2N1. The van der Waals surface area contributed by atoms with E-state index in [0.717, 1.165) is 88.2 Å². The molecule has 0 radical (unpaired) electrons. The number of anilines is 3. The Labute approximate surface area is 753 Å². The molecule has 3 aliphatic rings.